The molecule has 1 aromatic carbocycles. The monoisotopic (exact) mass is 221 g/mol. The summed E-state index contributed by atoms with van der Waals surface area (Å²) in [4.78, 5) is 20.5. The van der Waals surface area contributed by atoms with Gasteiger partial charge < -0.3 is 5.11 Å². The van der Waals surface area contributed by atoms with Gasteiger partial charge in [-0.3, -0.25) is 14.9 Å². The zero-order chi connectivity index (χ0) is 12.1. The third-order valence-electron chi connectivity index (χ3n) is 1.97. The van der Waals surface area contributed by atoms with Crippen molar-refractivity contribution >= 4 is 17.7 Å². The van der Waals surface area contributed by atoms with Gasteiger partial charge in [0.15, 0.2) is 0 Å². The van der Waals surface area contributed by atoms with Gasteiger partial charge in [-0.2, -0.15) is 0 Å². The third-order valence-corrected chi connectivity index (χ3v) is 1.97. The van der Waals surface area contributed by atoms with Crippen LogP contribution in [0, 0.1) is 17.0 Å². The molecule has 0 radical (unpaired) electrons. The van der Waals surface area contributed by atoms with Crippen molar-refractivity contribution in [1.82, 2.24) is 0 Å². The number of benzene rings is 1. The van der Waals surface area contributed by atoms with Gasteiger partial charge in [0.2, 0.25) is 0 Å². The molecule has 0 heterocycles. The Morgan fingerprint density at radius 2 is 2.25 bits per heavy atom. The Bertz CT molecular complexity index is 451. The van der Waals surface area contributed by atoms with Crippen molar-refractivity contribution in [2.24, 2.45) is 0 Å². The zero-order valence-electron chi connectivity index (χ0n) is 8.71. The third kappa shape index (κ3) is 3.20. The van der Waals surface area contributed by atoms with E-state index in [1.807, 2.05) is 0 Å². The number of aliphatic carboxylic acids is 1. The second kappa shape index (κ2) is 5.06. The molecule has 0 amide bonds. The van der Waals surface area contributed by atoms with Crippen LogP contribution in [-0.2, 0) is 4.79 Å². The lowest BCUT2D eigenvalue weighted by molar-refractivity contribution is -0.385. The SMILES string of the molecule is Cc1ccc(C=CCC(=O)O)c([N+](=O)[O-])c1. The largest absolute Gasteiger partial charge is 0.481 e. The molecule has 0 aliphatic rings. The summed E-state index contributed by atoms with van der Waals surface area (Å²) in [6.45, 7) is 1.76. The normalized spacial score (nSPS) is 10.6. The summed E-state index contributed by atoms with van der Waals surface area (Å²) >= 11 is 0. The molecule has 0 saturated carbocycles. The Labute approximate surface area is 92.2 Å². The summed E-state index contributed by atoms with van der Waals surface area (Å²) in [6.07, 6.45) is 2.69. The molecule has 1 rings (SSSR count). The number of nitro benzene ring substituents is 1. The van der Waals surface area contributed by atoms with E-state index in [4.69, 9.17) is 5.11 Å². The highest BCUT2D eigenvalue weighted by atomic mass is 16.6. The highest BCUT2D eigenvalue weighted by molar-refractivity contribution is 5.71. The van der Waals surface area contributed by atoms with Crippen LogP contribution in [0.3, 0.4) is 0 Å². The Morgan fingerprint density at radius 3 is 2.81 bits per heavy atom. The molecule has 5 nitrogen and oxygen atoms in total. The number of carboxylic acids is 1. The van der Waals surface area contributed by atoms with Crippen LogP contribution in [-0.4, -0.2) is 16.0 Å². The van der Waals surface area contributed by atoms with Crippen molar-refractivity contribution in [3.8, 4) is 0 Å². The average Bonchev–Trinajstić information content (AvgIpc) is 2.19. The number of hydrogen-bond donors (Lipinski definition) is 1. The molecule has 16 heavy (non-hydrogen) atoms. The fraction of sp³-hybridized carbons (Fsp3) is 0.182. The van der Waals surface area contributed by atoms with E-state index < -0.39 is 10.9 Å². The molecule has 0 bridgehead atoms. The van der Waals surface area contributed by atoms with E-state index >= 15 is 0 Å². The van der Waals surface area contributed by atoms with Gasteiger partial charge in [0.25, 0.3) is 5.69 Å². The highest BCUT2D eigenvalue weighted by Gasteiger charge is 2.10. The molecule has 0 saturated heterocycles. The summed E-state index contributed by atoms with van der Waals surface area (Å²) in [5.41, 5.74) is 1.19. The maximum Gasteiger partial charge on any atom is 0.307 e. The Morgan fingerprint density at radius 1 is 1.56 bits per heavy atom. The van der Waals surface area contributed by atoms with Gasteiger partial charge in [0.05, 0.1) is 16.9 Å². The minimum atomic E-state index is -0.967. The van der Waals surface area contributed by atoms with Crippen molar-refractivity contribution in [1.29, 1.82) is 0 Å². The van der Waals surface area contributed by atoms with Crippen LogP contribution in [0.25, 0.3) is 6.08 Å². The van der Waals surface area contributed by atoms with Gasteiger partial charge in [-0.05, 0) is 18.6 Å². The second-order valence-electron chi connectivity index (χ2n) is 3.32. The molecule has 84 valence electrons. The molecule has 0 fully saturated rings. The highest BCUT2D eigenvalue weighted by Crippen LogP contribution is 2.21. The van der Waals surface area contributed by atoms with Crippen LogP contribution in [0.15, 0.2) is 24.3 Å². The molecule has 1 N–H and O–H groups in total. The molecule has 0 unspecified atom stereocenters. The van der Waals surface area contributed by atoms with E-state index in [-0.39, 0.29) is 12.1 Å². The number of rotatable bonds is 4. The molecule has 0 aromatic heterocycles. The predicted molar refractivity (Wildman–Crippen MR) is 59.1 cm³/mol. The predicted octanol–water partition coefficient (Wildman–Crippen LogP) is 2.39. The molecular formula is C11H11NO4. The summed E-state index contributed by atoms with van der Waals surface area (Å²) in [5.74, 6) is -0.967. The molecule has 0 atom stereocenters. The summed E-state index contributed by atoms with van der Waals surface area (Å²) in [7, 11) is 0. The lowest BCUT2D eigenvalue weighted by atomic mass is 10.1. The number of aryl methyl sites for hydroxylation is 1. The van der Waals surface area contributed by atoms with E-state index in [1.165, 1.54) is 18.2 Å². The number of hydrogen-bond acceptors (Lipinski definition) is 3. The molecule has 5 heteroatoms. The quantitative estimate of drug-likeness (QED) is 0.625. The van der Waals surface area contributed by atoms with E-state index in [9.17, 15) is 14.9 Å². The zero-order valence-corrected chi connectivity index (χ0v) is 8.71. The van der Waals surface area contributed by atoms with Crippen molar-refractivity contribution in [2.45, 2.75) is 13.3 Å². The van der Waals surface area contributed by atoms with E-state index in [0.717, 1.165) is 5.56 Å². The minimum Gasteiger partial charge on any atom is -0.481 e. The van der Waals surface area contributed by atoms with Crippen molar-refractivity contribution in [3.63, 3.8) is 0 Å². The van der Waals surface area contributed by atoms with E-state index in [0.29, 0.717) is 5.56 Å². The number of nitrogens with zero attached hydrogens (tertiary/aromatic N) is 1. The average molecular weight is 221 g/mol. The Hall–Kier alpha value is -2.17. The van der Waals surface area contributed by atoms with Gasteiger partial charge in [-0.25, -0.2) is 0 Å². The first-order valence-corrected chi connectivity index (χ1v) is 4.64. The number of carboxylic acid groups (broad SMARTS) is 1. The topological polar surface area (TPSA) is 80.4 Å². The van der Waals surface area contributed by atoms with Crippen LogP contribution in [0.1, 0.15) is 17.5 Å². The lowest BCUT2D eigenvalue weighted by Gasteiger charge is -1.98. The van der Waals surface area contributed by atoms with Gasteiger partial charge in [0.1, 0.15) is 0 Å². The molecule has 1 aromatic rings. The van der Waals surface area contributed by atoms with Crippen molar-refractivity contribution in [3.05, 3.63) is 45.5 Å². The van der Waals surface area contributed by atoms with Gasteiger partial charge >= 0.3 is 5.97 Å². The number of nitro groups is 1. The van der Waals surface area contributed by atoms with Crippen LogP contribution in [0.4, 0.5) is 5.69 Å². The molecule has 0 aliphatic carbocycles. The second-order valence-corrected chi connectivity index (χ2v) is 3.32. The first-order valence-electron chi connectivity index (χ1n) is 4.64. The Kier molecular flexibility index (Phi) is 3.77. The van der Waals surface area contributed by atoms with Crippen molar-refractivity contribution in [2.75, 3.05) is 0 Å². The van der Waals surface area contributed by atoms with Crippen LogP contribution in [0.2, 0.25) is 0 Å². The first kappa shape index (κ1) is 11.9. The number of carbonyl (C=O) groups is 1. The van der Waals surface area contributed by atoms with Gasteiger partial charge in [-0.15, -0.1) is 0 Å². The smallest absolute Gasteiger partial charge is 0.307 e. The lowest BCUT2D eigenvalue weighted by Crippen LogP contribution is -1.93. The molecule has 0 spiro atoms. The summed E-state index contributed by atoms with van der Waals surface area (Å²) in [6, 6.07) is 4.81. The summed E-state index contributed by atoms with van der Waals surface area (Å²) in [5, 5.41) is 19.2. The fourth-order valence-corrected chi connectivity index (χ4v) is 1.24. The Balaban J connectivity index is 2.99. The van der Waals surface area contributed by atoms with Crippen LogP contribution >= 0.6 is 0 Å². The molecular weight excluding hydrogens is 210 g/mol. The first-order chi connectivity index (χ1) is 7.50. The van der Waals surface area contributed by atoms with Crippen LogP contribution in [0.5, 0.6) is 0 Å². The van der Waals surface area contributed by atoms with Crippen LogP contribution < -0.4 is 0 Å². The van der Waals surface area contributed by atoms with Gasteiger partial charge in [0, 0.05) is 6.07 Å². The van der Waals surface area contributed by atoms with E-state index in [1.54, 1.807) is 19.1 Å². The minimum absolute atomic E-state index is 0.0124. The molecule has 0 aliphatic heterocycles. The van der Waals surface area contributed by atoms with Crippen molar-refractivity contribution < 1.29 is 14.8 Å². The standard InChI is InChI=1S/C11H11NO4/c1-8-5-6-9(3-2-4-11(13)14)10(7-8)12(15)16/h2-3,5-7H,4H2,1H3,(H,13,14). The fourth-order valence-electron chi connectivity index (χ4n) is 1.24. The maximum absolute atomic E-state index is 10.7. The maximum atomic E-state index is 10.7. The van der Waals surface area contributed by atoms with Gasteiger partial charge in [-0.1, -0.05) is 18.2 Å². The van der Waals surface area contributed by atoms with E-state index in [2.05, 4.69) is 0 Å². The summed E-state index contributed by atoms with van der Waals surface area (Å²) < 4.78 is 0.